The summed E-state index contributed by atoms with van der Waals surface area (Å²) < 4.78 is 5.94. The van der Waals surface area contributed by atoms with Crippen molar-refractivity contribution < 1.29 is 9.53 Å². The van der Waals surface area contributed by atoms with Crippen LogP contribution in [0, 0.1) is 0 Å². The number of hydrogen-bond acceptors (Lipinski definition) is 3. The van der Waals surface area contributed by atoms with Gasteiger partial charge < -0.3 is 20.3 Å². The van der Waals surface area contributed by atoms with Gasteiger partial charge in [-0.1, -0.05) is 36.7 Å². The second-order valence-corrected chi connectivity index (χ2v) is 5.99. The Morgan fingerprint density at radius 3 is 2.72 bits per heavy atom. The molecule has 1 aromatic carbocycles. The maximum Gasteiger partial charge on any atom is 0.243 e. The van der Waals surface area contributed by atoms with E-state index in [0.717, 1.165) is 6.42 Å². The lowest BCUT2D eigenvalue weighted by molar-refractivity contribution is -0.127. The van der Waals surface area contributed by atoms with E-state index < -0.39 is 0 Å². The first-order valence-electron chi connectivity index (χ1n) is 8.22. The van der Waals surface area contributed by atoms with Gasteiger partial charge in [0, 0.05) is 20.6 Å². The predicted molar refractivity (Wildman–Crippen MR) is 103 cm³/mol. The number of likely N-dealkylation sites (N-methyl/N-ethyl adjacent to an activating group) is 1. The Balaban J connectivity index is 2.65. The quantitative estimate of drug-likeness (QED) is 0.400. The highest BCUT2D eigenvalue weighted by atomic mass is 35.5. The van der Waals surface area contributed by atoms with Crippen LogP contribution < -0.4 is 15.4 Å². The molecule has 138 valence electrons. The smallest absolute Gasteiger partial charge is 0.243 e. The molecule has 0 aromatic heterocycles. The Labute approximate surface area is 154 Å². The van der Waals surface area contributed by atoms with Crippen molar-refractivity contribution in [3.63, 3.8) is 0 Å². The number of halogens is 1. The van der Waals surface area contributed by atoms with E-state index in [4.69, 9.17) is 16.3 Å². The van der Waals surface area contributed by atoms with Gasteiger partial charge in [-0.3, -0.25) is 4.79 Å². The van der Waals surface area contributed by atoms with Crippen molar-refractivity contribution in [2.75, 3.05) is 33.7 Å². The summed E-state index contributed by atoms with van der Waals surface area (Å²) in [6, 6.07) is 7.38. The summed E-state index contributed by atoms with van der Waals surface area (Å²) in [5, 5.41) is 6.86. The third-order valence-corrected chi connectivity index (χ3v) is 3.68. The van der Waals surface area contributed by atoms with Crippen molar-refractivity contribution in [3.05, 3.63) is 41.9 Å². The zero-order valence-electron chi connectivity index (χ0n) is 15.1. The first kappa shape index (κ1) is 20.8. The summed E-state index contributed by atoms with van der Waals surface area (Å²) in [6.45, 7) is 6.85. The lowest BCUT2D eigenvalue weighted by Gasteiger charge is -2.20. The molecule has 1 aromatic rings. The van der Waals surface area contributed by atoms with Crippen LogP contribution in [0.25, 0.3) is 0 Å². The Kier molecular flexibility index (Phi) is 9.47. The number of rotatable bonds is 9. The third-order valence-electron chi connectivity index (χ3n) is 3.37. The number of carbonyl (C=O) groups excluding carboxylic acids is 1. The van der Waals surface area contributed by atoms with E-state index in [1.54, 1.807) is 26.2 Å². The van der Waals surface area contributed by atoms with E-state index in [-0.39, 0.29) is 18.6 Å². The minimum absolute atomic E-state index is 0.0703. The van der Waals surface area contributed by atoms with Crippen LogP contribution in [-0.2, 0) is 4.79 Å². The average molecular weight is 367 g/mol. The van der Waals surface area contributed by atoms with Gasteiger partial charge in [-0.2, -0.15) is 0 Å². The minimum atomic E-state index is -0.0832. The largest absolute Gasteiger partial charge is 0.487 e. The summed E-state index contributed by atoms with van der Waals surface area (Å²) in [5.74, 6) is 1.12. The monoisotopic (exact) mass is 366 g/mol. The zero-order chi connectivity index (χ0) is 18.7. The number of amides is 1. The molecule has 1 unspecified atom stereocenters. The molecule has 1 amide bonds. The van der Waals surface area contributed by atoms with Crippen LogP contribution in [0.15, 0.2) is 41.9 Å². The Hall–Kier alpha value is -2.21. The summed E-state index contributed by atoms with van der Waals surface area (Å²) in [6.07, 6.45) is 2.44. The van der Waals surface area contributed by atoms with Gasteiger partial charge in [0.2, 0.25) is 5.91 Å². The molecule has 0 aliphatic rings. The lowest BCUT2D eigenvalue weighted by atomic mass is 10.2. The van der Waals surface area contributed by atoms with Gasteiger partial charge in [-0.25, -0.2) is 4.99 Å². The van der Waals surface area contributed by atoms with Crippen molar-refractivity contribution in [1.29, 1.82) is 0 Å². The maximum absolute atomic E-state index is 11.7. The number of guanidine groups is 1. The van der Waals surface area contributed by atoms with Crippen LogP contribution in [0.4, 0.5) is 0 Å². The van der Waals surface area contributed by atoms with Gasteiger partial charge in [0.05, 0.1) is 11.6 Å². The maximum atomic E-state index is 11.7. The molecular formula is C18H27ClN4O2. The molecule has 25 heavy (non-hydrogen) atoms. The van der Waals surface area contributed by atoms with Gasteiger partial charge in [0.25, 0.3) is 0 Å². The molecule has 0 heterocycles. The molecule has 0 aliphatic carbocycles. The number of ether oxygens (including phenoxy) is 1. The Bertz CT molecular complexity index is 590. The lowest BCUT2D eigenvalue weighted by Crippen LogP contribution is -2.43. The fraction of sp³-hybridized carbons (Fsp3) is 0.444. The highest BCUT2D eigenvalue weighted by molar-refractivity contribution is 6.32. The summed E-state index contributed by atoms with van der Waals surface area (Å²) in [7, 11) is 3.40. The molecule has 0 spiro atoms. The third kappa shape index (κ3) is 7.94. The molecule has 0 saturated heterocycles. The van der Waals surface area contributed by atoms with Crippen LogP contribution in [0.3, 0.4) is 0 Å². The topological polar surface area (TPSA) is 66.0 Å². The molecule has 2 N–H and O–H groups in total. The first-order chi connectivity index (χ1) is 12.0. The Morgan fingerprint density at radius 2 is 2.12 bits per heavy atom. The summed E-state index contributed by atoms with van der Waals surface area (Å²) in [4.78, 5) is 17.5. The molecule has 1 rings (SSSR count). The summed E-state index contributed by atoms with van der Waals surface area (Å²) >= 11 is 6.14. The van der Waals surface area contributed by atoms with Gasteiger partial charge >= 0.3 is 0 Å². The zero-order valence-corrected chi connectivity index (χ0v) is 15.8. The number of aliphatic imine (C=N–C) groups is 1. The average Bonchev–Trinajstić information content (AvgIpc) is 2.60. The number of carbonyl (C=O) groups is 1. The molecule has 6 nitrogen and oxygen atoms in total. The van der Waals surface area contributed by atoms with E-state index >= 15 is 0 Å². The van der Waals surface area contributed by atoms with Crippen molar-refractivity contribution in [2.24, 2.45) is 4.99 Å². The second-order valence-electron chi connectivity index (χ2n) is 5.58. The van der Waals surface area contributed by atoms with Crippen molar-refractivity contribution >= 4 is 23.5 Å². The van der Waals surface area contributed by atoms with Gasteiger partial charge in [-0.05, 0) is 18.6 Å². The van der Waals surface area contributed by atoms with Crippen molar-refractivity contribution in [2.45, 2.75) is 19.4 Å². The normalized spacial score (nSPS) is 12.2. The molecule has 7 heteroatoms. The van der Waals surface area contributed by atoms with Gasteiger partial charge in [0.1, 0.15) is 18.4 Å². The number of hydrogen-bond donors (Lipinski definition) is 2. The number of benzene rings is 1. The number of para-hydroxylation sites is 1. The van der Waals surface area contributed by atoms with Gasteiger partial charge in [0.15, 0.2) is 5.96 Å². The van der Waals surface area contributed by atoms with Crippen LogP contribution in [0.2, 0.25) is 5.02 Å². The SMILES string of the molecule is C=CCNC(=NCC(=O)N(C)C)NCC(CC)Oc1ccccc1Cl. The van der Waals surface area contributed by atoms with Crippen LogP contribution in [0.5, 0.6) is 5.75 Å². The van der Waals surface area contributed by atoms with E-state index in [1.807, 2.05) is 25.1 Å². The standard InChI is InChI=1S/C18H27ClN4O2/c1-5-11-20-18(22-13-17(24)23(3)4)21-12-14(6-2)25-16-10-8-7-9-15(16)19/h5,7-10,14H,1,6,11-13H2,2-4H3,(H2,20,21,22). The second kappa shape index (κ2) is 11.4. The molecular weight excluding hydrogens is 340 g/mol. The molecule has 0 fully saturated rings. The molecule has 0 saturated carbocycles. The summed E-state index contributed by atoms with van der Waals surface area (Å²) in [5.41, 5.74) is 0. The fourth-order valence-electron chi connectivity index (χ4n) is 1.83. The Morgan fingerprint density at radius 1 is 1.40 bits per heavy atom. The molecule has 0 aliphatic heterocycles. The van der Waals surface area contributed by atoms with E-state index in [9.17, 15) is 4.79 Å². The highest BCUT2D eigenvalue weighted by Gasteiger charge is 2.12. The fourth-order valence-corrected chi connectivity index (χ4v) is 2.01. The van der Waals surface area contributed by atoms with Crippen LogP contribution in [0.1, 0.15) is 13.3 Å². The van der Waals surface area contributed by atoms with E-state index in [2.05, 4.69) is 22.2 Å². The highest BCUT2D eigenvalue weighted by Crippen LogP contribution is 2.24. The van der Waals surface area contributed by atoms with E-state index in [1.165, 1.54) is 4.90 Å². The number of nitrogens with zero attached hydrogens (tertiary/aromatic N) is 2. The molecule has 1 atom stereocenters. The van der Waals surface area contributed by atoms with E-state index in [0.29, 0.717) is 29.8 Å². The first-order valence-corrected chi connectivity index (χ1v) is 8.60. The molecule has 0 radical (unpaired) electrons. The van der Waals surface area contributed by atoms with Crippen LogP contribution >= 0.6 is 11.6 Å². The number of nitrogens with one attached hydrogen (secondary N) is 2. The minimum Gasteiger partial charge on any atom is -0.487 e. The van der Waals surface area contributed by atoms with Crippen molar-refractivity contribution in [1.82, 2.24) is 15.5 Å². The predicted octanol–water partition coefficient (Wildman–Crippen LogP) is 2.31. The van der Waals surface area contributed by atoms with Crippen molar-refractivity contribution in [3.8, 4) is 5.75 Å². The van der Waals surface area contributed by atoms with Crippen LogP contribution in [-0.4, -0.2) is 56.6 Å². The van der Waals surface area contributed by atoms with Gasteiger partial charge in [-0.15, -0.1) is 6.58 Å². The molecule has 0 bridgehead atoms.